The number of nitrogens with one attached hydrogen (secondary N) is 2. The lowest BCUT2D eigenvalue weighted by atomic mass is 10.1. The van der Waals surface area contributed by atoms with Gasteiger partial charge in [0.2, 0.25) is 0 Å². The Bertz CT molecular complexity index is 669. The van der Waals surface area contributed by atoms with Crippen LogP contribution in [0.25, 0.3) is 0 Å². The molecule has 0 fully saturated rings. The molecule has 2 N–H and O–H groups in total. The zero-order valence-electron chi connectivity index (χ0n) is 15.2. The van der Waals surface area contributed by atoms with Gasteiger partial charge >= 0.3 is 0 Å². The maximum atomic E-state index is 12.2. The minimum atomic E-state index is -0.107. The predicted molar refractivity (Wildman–Crippen MR) is 101 cm³/mol. The molecule has 0 atom stereocenters. The predicted octanol–water partition coefficient (Wildman–Crippen LogP) is 3.52. The molecule has 0 bridgehead atoms. The SMILES string of the molecule is COc1cccc(CCNC(=O)c2ccc(NCCC(C)C)nc2)c1. The molecule has 1 heterocycles. The van der Waals surface area contributed by atoms with Crippen LogP contribution in [0, 0.1) is 5.92 Å². The normalized spacial score (nSPS) is 10.6. The first-order chi connectivity index (χ1) is 12.1. The maximum Gasteiger partial charge on any atom is 0.252 e. The molecule has 0 unspecified atom stereocenters. The van der Waals surface area contributed by atoms with Gasteiger partial charge in [-0.1, -0.05) is 26.0 Å². The van der Waals surface area contributed by atoms with Crippen molar-refractivity contribution in [3.05, 3.63) is 53.7 Å². The van der Waals surface area contributed by atoms with Gasteiger partial charge in [-0.25, -0.2) is 4.98 Å². The molecule has 0 radical (unpaired) electrons. The summed E-state index contributed by atoms with van der Waals surface area (Å²) in [5.41, 5.74) is 1.70. The van der Waals surface area contributed by atoms with Gasteiger partial charge in [0, 0.05) is 19.3 Å². The van der Waals surface area contributed by atoms with Gasteiger partial charge in [0.05, 0.1) is 12.7 Å². The highest BCUT2D eigenvalue weighted by Gasteiger charge is 2.06. The number of hydrogen-bond acceptors (Lipinski definition) is 4. The van der Waals surface area contributed by atoms with Crippen molar-refractivity contribution in [2.24, 2.45) is 5.92 Å². The summed E-state index contributed by atoms with van der Waals surface area (Å²) in [4.78, 5) is 16.5. The number of rotatable bonds is 9. The molecule has 1 aromatic carbocycles. The van der Waals surface area contributed by atoms with Crippen LogP contribution >= 0.6 is 0 Å². The van der Waals surface area contributed by atoms with Crippen LogP contribution in [0.2, 0.25) is 0 Å². The second kappa shape index (κ2) is 9.67. The molecular weight excluding hydrogens is 314 g/mol. The summed E-state index contributed by atoms with van der Waals surface area (Å²) in [6.07, 6.45) is 3.46. The van der Waals surface area contributed by atoms with E-state index in [1.807, 2.05) is 30.3 Å². The molecule has 0 saturated heterocycles. The summed E-state index contributed by atoms with van der Waals surface area (Å²) < 4.78 is 5.20. The number of benzene rings is 1. The Balaban J connectivity index is 1.78. The van der Waals surface area contributed by atoms with Crippen LogP contribution in [0.4, 0.5) is 5.82 Å². The standard InChI is InChI=1S/C20H27N3O2/c1-15(2)9-11-21-19-8-7-17(14-23-19)20(24)22-12-10-16-5-4-6-18(13-16)25-3/h4-8,13-15H,9-12H2,1-3H3,(H,21,23)(H,22,24). The maximum absolute atomic E-state index is 12.2. The summed E-state index contributed by atoms with van der Waals surface area (Å²) in [6.45, 7) is 5.83. The quantitative estimate of drug-likeness (QED) is 0.732. The molecule has 0 aliphatic heterocycles. The van der Waals surface area contributed by atoms with Crippen LogP contribution in [0.3, 0.4) is 0 Å². The summed E-state index contributed by atoms with van der Waals surface area (Å²) in [5, 5.41) is 6.19. The highest BCUT2D eigenvalue weighted by atomic mass is 16.5. The van der Waals surface area contributed by atoms with Gasteiger partial charge in [-0.15, -0.1) is 0 Å². The molecule has 5 nitrogen and oxygen atoms in total. The van der Waals surface area contributed by atoms with Crippen molar-refractivity contribution in [3.8, 4) is 5.75 Å². The minimum Gasteiger partial charge on any atom is -0.497 e. The van der Waals surface area contributed by atoms with Crippen LogP contribution in [0.5, 0.6) is 5.75 Å². The van der Waals surface area contributed by atoms with E-state index < -0.39 is 0 Å². The molecule has 134 valence electrons. The summed E-state index contributed by atoms with van der Waals surface area (Å²) in [5.74, 6) is 2.17. The van der Waals surface area contributed by atoms with Gasteiger partial charge in [-0.3, -0.25) is 4.79 Å². The third-order valence-corrected chi connectivity index (χ3v) is 3.89. The fourth-order valence-electron chi connectivity index (χ4n) is 2.37. The first-order valence-corrected chi connectivity index (χ1v) is 8.69. The zero-order valence-corrected chi connectivity index (χ0v) is 15.2. The molecule has 1 aromatic heterocycles. The van der Waals surface area contributed by atoms with Crippen LogP contribution in [0.1, 0.15) is 36.2 Å². The Kier molecular flexibility index (Phi) is 7.26. The number of carbonyl (C=O) groups excluding carboxylic acids is 1. The molecular formula is C20H27N3O2. The number of amides is 1. The van der Waals surface area contributed by atoms with Crippen molar-refractivity contribution in [3.63, 3.8) is 0 Å². The Morgan fingerprint density at radius 2 is 2.04 bits per heavy atom. The average Bonchev–Trinajstić information content (AvgIpc) is 2.62. The third kappa shape index (κ3) is 6.45. The van der Waals surface area contributed by atoms with Gasteiger partial charge in [0.25, 0.3) is 5.91 Å². The Morgan fingerprint density at radius 3 is 2.72 bits per heavy atom. The van der Waals surface area contributed by atoms with E-state index in [9.17, 15) is 4.79 Å². The molecule has 1 amide bonds. The van der Waals surface area contributed by atoms with E-state index in [1.165, 1.54) is 0 Å². The lowest BCUT2D eigenvalue weighted by Crippen LogP contribution is -2.25. The van der Waals surface area contributed by atoms with Crippen molar-refractivity contribution < 1.29 is 9.53 Å². The van der Waals surface area contributed by atoms with E-state index in [-0.39, 0.29) is 5.91 Å². The van der Waals surface area contributed by atoms with Crippen LogP contribution in [-0.2, 0) is 6.42 Å². The van der Waals surface area contributed by atoms with Crippen molar-refractivity contribution in [2.75, 3.05) is 25.5 Å². The lowest BCUT2D eigenvalue weighted by Gasteiger charge is -2.09. The van der Waals surface area contributed by atoms with Crippen molar-refractivity contribution in [1.82, 2.24) is 10.3 Å². The number of hydrogen-bond donors (Lipinski definition) is 2. The number of carbonyl (C=O) groups is 1. The fourth-order valence-corrected chi connectivity index (χ4v) is 2.37. The van der Waals surface area contributed by atoms with Crippen molar-refractivity contribution in [1.29, 1.82) is 0 Å². The minimum absolute atomic E-state index is 0.107. The second-order valence-electron chi connectivity index (χ2n) is 6.40. The van der Waals surface area contributed by atoms with E-state index in [1.54, 1.807) is 19.4 Å². The number of anilines is 1. The number of aromatic nitrogens is 1. The largest absolute Gasteiger partial charge is 0.497 e. The first-order valence-electron chi connectivity index (χ1n) is 8.69. The van der Waals surface area contributed by atoms with E-state index in [4.69, 9.17) is 4.74 Å². The van der Waals surface area contributed by atoms with E-state index in [0.29, 0.717) is 18.0 Å². The molecule has 25 heavy (non-hydrogen) atoms. The zero-order chi connectivity index (χ0) is 18.1. The molecule has 0 spiro atoms. The third-order valence-electron chi connectivity index (χ3n) is 3.89. The topological polar surface area (TPSA) is 63.2 Å². The van der Waals surface area contributed by atoms with E-state index in [0.717, 1.165) is 36.5 Å². The molecule has 2 rings (SSSR count). The number of methoxy groups -OCH3 is 1. The van der Waals surface area contributed by atoms with Crippen LogP contribution < -0.4 is 15.4 Å². The van der Waals surface area contributed by atoms with Gasteiger partial charge in [-0.05, 0) is 48.6 Å². The molecule has 2 aromatic rings. The molecule has 0 aliphatic carbocycles. The fraction of sp³-hybridized carbons (Fsp3) is 0.400. The van der Waals surface area contributed by atoms with Crippen LogP contribution in [-0.4, -0.2) is 31.1 Å². The van der Waals surface area contributed by atoms with Gasteiger partial charge in [0.1, 0.15) is 11.6 Å². The van der Waals surface area contributed by atoms with E-state index >= 15 is 0 Å². The van der Waals surface area contributed by atoms with Gasteiger partial charge in [0.15, 0.2) is 0 Å². The van der Waals surface area contributed by atoms with Gasteiger partial charge < -0.3 is 15.4 Å². The van der Waals surface area contributed by atoms with Crippen LogP contribution in [0.15, 0.2) is 42.6 Å². The highest BCUT2D eigenvalue weighted by molar-refractivity contribution is 5.94. The Labute approximate surface area is 149 Å². The van der Waals surface area contributed by atoms with Crippen molar-refractivity contribution >= 4 is 11.7 Å². The monoisotopic (exact) mass is 341 g/mol. The first kappa shape index (κ1) is 18.8. The number of ether oxygens (including phenoxy) is 1. The molecule has 5 heteroatoms. The highest BCUT2D eigenvalue weighted by Crippen LogP contribution is 2.12. The lowest BCUT2D eigenvalue weighted by molar-refractivity contribution is 0.0954. The second-order valence-corrected chi connectivity index (χ2v) is 6.40. The summed E-state index contributed by atoms with van der Waals surface area (Å²) in [7, 11) is 1.65. The molecule has 0 saturated carbocycles. The average molecular weight is 341 g/mol. The summed E-state index contributed by atoms with van der Waals surface area (Å²) in [6, 6.07) is 11.5. The smallest absolute Gasteiger partial charge is 0.252 e. The van der Waals surface area contributed by atoms with E-state index in [2.05, 4.69) is 29.5 Å². The molecule has 0 aliphatic rings. The Morgan fingerprint density at radius 1 is 1.20 bits per heavy atom. The number of pyridine rings is 1. The summed E-state index contributed by atoms with van der Waals surface area (Å²) >= 11 is 0. The van der Waals surface area contributed by atoms with Gasteiger partial charge in [-0.2, -0.15) is 0 Å². The number of nitrogens with zero attached hydrogens (tertiary/aromatic N) is 1. The van der Waals surface area contributed by atoms with Crippen molar-refractivity contribution in [2.45, 2.75) is 26.7 Å². The Hall–Kier alpha value is -2.56.